The van der Waals surface area contributed by atoms with Crippen LogP contribution in [0.25, 0.3) is 0 Å². The van der Waals surface area contributed by atoms with Crippen molar-refractivity contribution in [3.8, 4) is 0 Å². The molecule has 2 atom stereocenters. The van der Waals surface area contributed by atoms with E-state index in [0.717, 1.165) is 12.8 Å². The summed E-state index contributed by atoms with van der Waals surface area (Å²) in [5, 5.41) is 9.33. The fraction of sp³-hybridized carbons (Fsp3) is 1.00. The standard InChI is InChI=1S/C27H58NO6P/c1-2-3-4-5-6-7-8-9-10-11-12-13-14-15-16-17-18-19-20-21-23-32-27(25-29)26-34-35(30,31)33-24-22-28/h27,29H,2-26,28H2,1H3,(H,30,31). The lowest BCUT2D eigenvalue weighted by Crippen LogP contribution is -2.24. The maximum atomic E-state index is 11.6. The van der Waals surface area contributed by atoms with Crippen LogP contribution in [0.5, 0.6) is 0 Å². The Morgan fingerprint density at radius 3 is 1.43 bits per heavy atom. The molecule has 0 aromatic rings. The molecule has 8 heteroatoms. The molecule has 0 aliphatic heterocycles. The van der Waals surface area contributed by atoms with Gasteiger partial charge in [0, 0.05) is 13.2 Å². The van der Waals surface area contributed by atoms with E-state index in [1.165, 1.54) is 116 Å². The van der Waals surface area contributed by atoms with E-state index in [9.17, 15) is 14.6 Å². The van der Waals surface area contributed by atoms with Gasteiger partial charge in [-0.1, -0.05) is 129 Å². The SMILES string of the molecule is CCCCCCCCCCCCCCCCCCCCCCOC(CO)COP(=O)(O)OCCN. The summed E-state index contributed by atoms with van der Waals surface area (Å²) < 4.78 is 26.6. The van der Waals surface area contributed by atoms with Crippen LogP contribution in [0, 0.1) is 0 Å². The number of hydrogen-bond donors (Lipinski definition) is 3. The van der Waals surface area contributed by atoms with Gasteiger partial charge in [-0.25, -0.2) is 4.57 Å². The Morgan fingerprint density at radius 2 is 1.06 bits per heavy atom. The summed E-state index contributed by atoms with van der Waals surface area (Å²) in [5.41, 5.74) is 5.23. The van der Waals surface area contributed by atoms with E-state index in [0.29, 0.717) is 6.61 Å². The fourth-order valence-corrected chi connectivity index (χ4v) is 4.91. The van der Waals surface area contributed by atoms with Crippen LogP contribution in [0.2, 0.25) is 0 Å². The summed E-state index contributed by atoms with van der Waals surface area (Å²) in [6.45, 7) is 2.41. The molecule has 0 saturated heterocycles. The monoisotopic (exact) mass is 523 g/mol. The second-order valence-corrected chi connectivity index (χ2v) is 11.2. The van der Waals surface area contributed by atoms with Crippen LogP contribution in [0.15, 0.2) is 0 Å². The quantitative estimate of drug-likeness (QED) is 0.0698. The minimum atomic E-state index is -4.13. The van der Waals surface area contributed by atoms with Crippen molar-refractivity contribution in [3.05, 3.63) is 0 Å². The molecule has 0 aliphatic rings. The van der Waals surface area contributed by atoms with Crippen molar-refractivity contribution in [2.75, 3.05) is 33.0 Å². The van der Waals surface area contributed by atoms with Crippen molar-refractivity contribution in [1.29, 1.82) is 0 Å². The second-order valence-electron chi connectivity index (χ2n) is 9.78. The molecule has 0 amide bonds. The lowest BCUT2D eigenvalue weighted by atomic mass is 10.0. The molecule has 0 rings (SSSR count). The first-order chi connectivity index (χ1) is 17.1. The summed E-state index contributed by atoms with van der Waals surface area (Å²) >= 11 is 0. The van der Waals surface area contributed by atoms with Crippen molar-refractivity contribution in [3.63, 3.8) is 0 Å². The van der Waals surface area contributed by atoms with Gasteiger partial charge in [-0.3, -0.25) is 9.05 Å². The number of rotatable bonds is 29. The number of unbranched alkanes of at least 4 members (excludes halogenated alkanes) is 19. The lowest BCUT2D eigenvalue weighted by Gasteiger charge is -2.17. The van der Waals surface area contributed by atoms with Crippen LogP contribution in [-0.4, -0.2) is 49.1 Å². The molecular weight excluding hydrogens is 465 g/mol. The van der Waals surface area contributed by atoms with E-state index < -0.39 is 13.9 Å². The molecule has 0 aromatic heterocycles. The van der Waals surface area contributed by atoms with Gasteiger partial charge in [0.25, 0.3) is 0 Å². The minimum absolute atomic E-state index is 0.0577. The summed E-state index contributed by atoms with van der Waals surface area (Å²) in [6, 6.07) is 0. The molecule has 7 nitrogen and oxygen atoms in total. The Morgan fingerprint density at radius 1 is 0.657 bits per heavy atom. The molecule has 0 aliphatic carbocycles. The molecule has 0 aromatic carbocycles. The molecule has 0 spiro atoms. The van der Waals surface area contributed by atoms with E-state index >= 15 is 0 Å². The van der Waals surface area contributed by atoms with Crippen LogP contribution in [-0.2, 0) is 18.3 Å². The number of ether oxygens (including phenoxy) is 1. The third-order valence-corrected chi connectivity index (χ3v) is 7.34. The largest absolute Gasteiger partial charge is 0.472 e. The highest BCUT2D eigenvalue weighted by Crippen LogP contribution is 2.42. The zero-order valence-electron chi connectivity index (χ0n) is 22.8. The second kappa shape index (κ2) is 27.0. The smallest absolute Gasteiger partial charge is 0.394 e. The van der Waals surface area contributed by atoms with Crippen LogP contribution in [0.3, 0.4) is 0 Å². The molecule has 212 valence electrons. The van der Waals surface area contributed by atoms with Crippen LogP contribution >= 0.6 is 7.82 Å². The van der Waals surface area contributed by atoms with Crippen LogP contribution in [0.4, 0.5) is 0 Å². The Kier molecular flexibility index (Phi) is 27.0. The number of nitrogens with two attached hydrogens (primary N) is 1. The molecule has 4 N–H and O–H groups in total. The molecule has 35 heavy (non-hydrogen) atoms. The number of aliphatic hydroxyl groups excluding tert-OH is 1. The van der Waals surface area contributed by atoms with Crippen molar-refractivity contribution in [2.45, 2.75) is 141 Å². The number of hydrogen-bond acceptors (Lipinski definition) is 6. The molecule has 0 bridgehead atoms. The van der Waals surface area contributed by atoms with Gasteiger partial charge in [-0.05, 0) is 6.42 Å². The van der Waals surface area contributed by atoms with Gasteiger partial charge < -0.3 is 20.5 Å². The average Bonchev–Trinajstić information content (AvgIpc) is 2.85. The predicted molar refractivity (Wildman–Crippen MR) is 146 cm³/mol. The maximum Gasteiger partial charge on any atom is 0.472 e. The topological polar surface area (TPSA) is 111 Å². The Bertz CT molecular complexity index is 469. The maximum absolute atomic E-state index is 11.6. The van der Waals surface area contributed by atoms with Crippen molar-refractivity contribution >= 4 is 7.82 Å². The minimum Gasteiger partial charge on any atom is -0.394 e. The lowest BCUT2D eigenvalue weighted by molar-refractivity contribution is -0.0224. The number of phosphoric acid groups is 1. The molecule has 0 fully saturated rings. The molecular formula is C27H58NO6P. The summed E-state index contributed by atoms with van der Waals surface area (Å²) in [5.74, 6) is 0. The fourth-order valence-electron chi connectivity index (χ4n) is 4.14. The highest BCUT2D eigenvalue weighted by molar-refractivity contribution is 7.47. The van der Waals surface area contributed by atoms with E-state index in [1.54, 1.807) is 0 Å². The Balaban J connectivity index is 3.31. The highest BCUT2D eigenvalue weighted by atomic mass is 31.2. The average molecular weight is 524 g/mol. The summed E-state index contributed by atoms with van der Waals surface area (Å²) in [6.07, 6.45) is 26.3. The summed E-state index contributed by atoms with van der Waals surface area (Å²) in [7, 11) is -4.13. The van der Waals surface area contributed by atoms with Gasteiger partial charge in [0.15, 0.2) is 0 Å². The molecule has 0 saturated carbocycles. The van der Waals surface area contributed by atoms with Crippen LogP contribution < -0.4 is 5.73 Å². The Labute approximate surface area is 216 Å². The van der Waals surface area contributed by atoms with Gasteiger partial charge in [0.05, 0.1) is 19.8 Å². The first kappa shape index (κ1) is 35.0. The van der Waals surface area contributed by atoms with Gasteiger partial charge in [-0.15, -0.1) is 0 Å². The zero-order chi connectivity index (χ0) is 25.9. The third kappa shape index (κ3) is 26.9. The first-order valence-corrected chi connectivity index (χ1v) is 16.1. The number of aliphatic hydroxyl groups is 1. The molecule has 0 radical (unpaired) electrons. The van der Waals surface area contributed by atoms with E-state index in [2.05, 4.69) is 11.4 Å². The van der Waals surface area contributed by atoms with Gasteiger partial charge in [0.2, 0.25) is 0 Å². The van der Waals surface area contributed by atoms with Crippen molar-refractivity contribution in [2.24, 2.45) is 5.73 Å². The van der Waals surface area contributed by atoms with Crippen LogP contribution in [0.1, 0.15) is 135 Å². The van der Waals surface area contributed by atoms with Gasteiger partial charge in [-0.2, -0.15) is 0 Å². The first-order valence-electron chi connectivity index (χ1n) is 14.6. The van der Waals surface area contributed by atoms with Gasteiger partial charge >= 0.3 is 7.82 Å². The predicted octanol–water partition coefficient (Wildman–Crippen LogP) is 7.28. The van der Waals surface area contributed by atoms with E-state index in [4.69, 9.17) is 15.0 Å². The Hall–Kier alpha value is -0.0100. The highest BCUT2D eigenvalue weighted by Gasteiger charge is 2.23. The number of phosphoric ester groups is 1. The van der Waals surface area contributed by atoms with E-state index in [-0.39, 0.29) is 26.4 Å². The third-order valence-electron chi connectivity index (χ3n) is 6.35. The zero-order valence-corrected chi connectivity index (χ0v) is 23.7. The van der Waals surface area contributed by atoms with Gasteiger partial charge in [0.1, 0.15) is 6.10 Å². The summed E-state index contributed by atoms with van der Waals surface area (Å²) in [4.78, 5) is 9.45. The molecule has 2 unspecified atom stereocenters. The van der Waals surface area contributed by atoms with Crippen molar-refractivity contribution < 1.29 is 28.3 Å². The molecule has 0 heterocycles. The normalized spacial score (nSPS) is 14.3. The van der Waals surface area contributed by atoms with Crippen molar-refractivity contribution in [1.82, 2.24) is 0 Å². The van der Waals surface area contributed by atoms with E-state index in [1.807, 2.05) is 0 Å².